The highest BCUT2D eigenvalue weighted by Crippen LogP contribution is 2.12. The van der Waals surface area contributed by atoms with Crippen molar-refractivity contribution in [3.63, 3.8) is 0 Å². The Morgan fingerprint density at radius 2 is 2.43 bits per heavy atom. The predicted molar refractivity (Wildman–Crippen MR) is 51.4 cm³/mol. The molecule has 14 heavy (non-hydrogen) atoms. The van der Waals surface area contributed by atoms with Crippen LogP contribution in [0, 0.1) is 0 Å². The van der Waals surface area contributed by atoms with Crippen molar-refractivity contribution < 1.29 is 4.52 Å². The number of hydrogen-bond acceptors (Lipinski definition) is 5. The highest BCUT2D eigenvalue weighted by atomic mass is 16.5. The third kappa shape index (κ3) is 2.10. The van der Waals surface area contributed by atoms with Gasteiger partial charge in [0.25, 0.3) is 0 Å². The average Bonchev–Trinajstić information content (AvgIpc) is 2.75. The summed E-state index contributed by atoms with van der Waals surface area (Å²) in [6.07, 6.45) is 1.19. The first-order chi connectivity index (χ1) is 6.75. The van der Waals surface area contributed by atoms with Crippen LogP contribution in [0.5, 0.6) is 0 Å². The van der Waals surface area contributed by atoms with Crippen LogP contribution < -0.4 is 5.43 Å². The quantitative estimate of drug-likeness (QED) is 0.778. The lowest BCUT2D eigenvalue weighted by Crippen LogP contribution is -2.30. The van der Waals surface area contributed by atoms with E-state index < -0.39 is 0 Å². The molecule has 2 heterocycles. The molecule has 1 fully saturated rings. The van der Waals surface area contributed by atoms with Crippen LogP contribution >= 0.6 is 0 Å². The first kappa shape index (κ1) is 9.61. The van der Waals surface area contributed by atoms with E-state index in [1.54, 1.807) is 0 Å². The van der Waals surface area contributed by atoms with E-state index in [1.807, 2.05) is 13.8 Å². The van der Waals surface area contributed by atoms with E-state index in [1.165, 1.54) is 6.42 Å². The topological polar surface area (TPSA) is 54.2 Å². The zero-order valence-corrected chi connectivity index (χ0v) is 8.66. The minimum absolute atomic E-state index is 0.308. The van der Waals surface area contributed by atoms with Crippen molar-refractivity contribution in [2.45, 2.75) is 32.7 Å². The molecule has 0 aromatic carbocycles. The van der Waals surface area contributed by atoms with Crippen molar-refractivity contribution in [2.24, 2.45) is 0 Å². The van der Waals surface area contributed by atoms with Gasteiger partial charge in [-0.15, -0.1) is 0 Å². The fourth-order valence-electron chi connectivity index (χ4n) is 1.46. The molecular formula is C9H16N4O. The second-order valence-electron chi connectivity index (χ2n) is 3.89. The molecule has 1 N–H and O–H groups in total. The standard InChI is InChI=1S/C9H16N4O/c1-7(2)9-11-8(12-14-9)6-13-5-3-4-10-13/h7,10H,3-6H2,1-2H3. The minimum atomic E-state index is 0.308. The van der Waals surface area contributed by atoms with E-state index in [0.717, 1.165) is 31.3 Å². The Hall–Kier alpha value is -0.940. The minimum Gasteiger partial charge on any atom is -0.339 e. The molecule has 0 spiro atoms. The molecule has 1 aliphatic heterocycles. The predicted octanol–water partition coefficient (Wildman–Crippen LogP) is 0.903. The third-order valence-electron chi connectivity index (χ3n) is 2.25. The van der Waals surface area contributed by atoms with Crippen LogP contribution in [-0.2, 0) is 6.54 Å². The maximum atomic E-state index is 5.12. The summed E-state index contributed by atoms with van der Waals surface area (Å²) >= 11 is 0. The summed E-state index contributed by atoms with van der Waals surface area (Å²) < 4.78 is 5.12. The Morgan fingerprint density at radius 3 is 3.00 bits per heavy atom. The SMILES string of the molecule is CC(C)c1nc(CN2CCCN2)no1. The van der Waals surface area contributed by atoms with Gasteiger partial charge in [0.2, 0.25) is 5.89 Å². The fraction of sp³-hybridized carbons (Fsp3) is 0.778. The molecule has 1 aliphatic rings. The van der Waals surface area contributed by atoms with Crippen LogP contribution in [0.3, 0.4) is 0 Å². The number of nitrogens with one attached hydrogen (secondary N) is 1. The van der Waals surface area contributed by atoms with Crippen molar-refractivity contribution in [1.82, 2.24) is 20.6 Å². The number of hydrogen-bond donors (Lipinski definition) is 1. The van der Waals surface area contributed by atoms with Crippen LogP contribution in [0.15, 0.2) is 4.52 Å². The smallest absolute Gasteiger partial charge is 0.229 e. The summed E-state index contributed by atoms with van der Waals surface area (Å²) in [5, 5.41) is 6.05. The molecule has 0 radical (unpaired) electrons. The first-order valence-electron chi connectivity index (χ1n) is 5.06. The molecular weight excluding hydrogens is 180 g/mol. The molecule has 0 saturated carbocycles. The van der Waals surface area contributed by atoms with Gasteiger partial charge in [0, 0.05) is 19.0 Å². The van der Waals surface area contributed by atoms with Gasteiger partial charge in [-0.05, 0) is 6.42 Å². The van der Waals surface area contributed by atoms with Crippen molar-refractivity contribution in [1.29, 1.82) is 0 Å². The maximum Gasteiger partial charge on any atom is 0.229 e. The zero-order valence-electron chi connectivity index (χ0n) is 8.66. The lowest BCUT2D eigenvalue weighted by atomic mass is 10.2. The van der Waals surface area contributed by atoms with E-state index in [9.17, 15) is 0 Å². The summed E-state index contributed by atoms with van der Waals surface area (Å²) in [7, 11) is 0. The summed E-state index contributed by atoms with van der Waals surface area (Å²) in [6, 6.07) is 0. The van der Waals surface area contributed by atoms with Gasteiger partial charge in [-0.3, -0.25) is 5.43 Å². The summed E-state index contributed by atoms with van der Waals surface area (Å²) in [4.78, 5) is 4.31. The highest BCUT2D eigenvalue weighted by Gasteiger charge is 2.15. The molecule has 0 unspecified atom stereocenters. The zero-order chi connectivity index (χ0) is 9.97. The van der Waals surface area contributed by atoms with Crippen LogP contribution in [0.4, 0.5) is 0 Å². The van der Waals surface area contributed by atoms with Gasteiger partial charge in [-0.25, -0.2) is 5.01 Å². The molecule has 78 valence electrons. The molecule has 1 aromatic heterocycles. The van der Waals surface area contributed by atoms with E-state index in [2.05, 4.69) is 20.6 Å². The van der Waals surface area contributed by atoms with Gasteiger partial charge < -0.3 is 4.52 Å². The Labute approximate surface area is 83.4 Å². The molecule has 0 atom stereocenters. The van der Waals surface area contributed by atoms with Crippen LogP contribution in [0.25, 0.3) is 0 Å². The maximum absolute atomic E-state index is 5.12. The highest BCUT2D eigenvalue weighted by molar-refractivity contribution is 4.90. The number of aromatic nitrogens is 2. The van der Waals surface area contributed by atoms with Crippen LogP contribution in [0.1, 0.15) is 37.9 Å². The third-order valence-corrected chi connectivity index (χ3v) is 2.25. The van der Waals surface area contributed by atoms with E-state index >= 15 is 0 Å². The first-order valence-corrected chi connectivity index (χ1v) is 5.06. The molecule has 0 amide bonds. The Bertz CT molecular complexity index is 291. The lowest BCUT2D eigenvalue weighted by Gasteiger charge is -2.11. The van der Waals surface area contributed by atoms with Crippen molar-refractivity contribution in [2.75, 3.05) is 13.1 Å². The molecule has 1 aromatic rings. The van der Waals surface area contributed by atoms with Gasteiger partial charge in [-0.1, -0.05) is 19.0 Å². The second-order valence-corrected chi connectivity index (χ2v) is 3.89. The van der Waals surface area contributed by atoms with Crippen molar-refractivity contribution in [3.05, 3.63) is 11.7 Å². The van der Waals surface area contributed by atoms with Gasteiger partial charge in [0.05, 0.1) is 6.54 Å². The molecule has 1 saturated heterocycles. The number of rotatable bonds is 3. The summed E-state index contributed by atoms with van der Waals surface area (Å²) in [5.41, 5.74) is 3.26. The van der Waals surface area contributed by atoms with E-state index in [-0.39, 0.29) is 0 Å². The van der Waals surface area contributed by atoms with Crippen LogP contribution in [-0.4, -0.2) is 28.2 Å². The van der Waals surface area contributed by atoms with Gasteiger partial charge in [0.1, 0.15) is 0 Å². The normalized spacial score (nSPS) is 18.2. The number of hydrazine groups is 1. The Morgan fingerprint density at radius 1 is 1.57 bits per heavy atom. The monoisotopic (exact) mass is 196 g/mol. The Balaban J connectivity index is 1.95. The molecule has 2 rings (SSSR count). The largest absolute Gasteiger partial charge is 0.339 e. The summed E-state index contributed by atoms with van der Waals surface area (Å²) in [6.45, 7) is 6.94. The van der Waals surface area contributed by atoms with Gasteiger partial charge in [-0.2, -0.15) is 4.98 Å². The fourth-order valence-corrected chi connectivity index (χ4v) is 1.46. The molecule has 5 nitrogen and oxygen atoms in total. The second kappa shape index (κ2) is 4.06. The number of nitrogens with zero attached hydrogens (tertiary/aromatic N) is 3. The van der Waals surface area contributed by atoms with E-state index in [0.29, 0.717) is 5.92 Å². The lowest BCUT2D eigenvalue weighted by molar-refractivity contribution is 0.234. The molecule has 5 heteroatoms. The van der Waals surface area contributed by atoms with Crippen molar-refractivity contribution in [3.8, 4) is 0 Å². The molecule has 0 aliphatic carbocycles. The van der Waals surface area contributed by atoms with Gasteiger partial charge in [0.15, 0.2) is 5.82 Å². The van der Waals surface area contributed by atoms with E-state index in [4.69, 9.17) is 4.52 Å². The summed E-state index contributed by atoms with van der Waals surface area (Å²) in [5.74, 6) is 1.80. The van der Waals surface area contributed by atoms with Crippen LogP contribution in [0.2, 0.25) is 0 Å². The Kier molecular flexibility index (Phi) is 2.79. The average molecular weight is 196 g/mol. The van der Waals surface area contributed by atoms with Crippen molar-refractivity contribution >= 4 is 0 Å². The molecule has 0 bridgehead atoms. The van der Waals surface area contributed by atoms with Gasteiger partial charge >= 0.3 is 0 Å².